The lowest BCUT2D eigenvalue weighted by Crippen LogP contribution is -2.45. The van der Waals surface area contributed by atoms with Gasteiger partial charge in [0, 0.05) is 23.5 Å². The minimum Gasteiger partial charge on any atom is -0.483 e. The van der Waals surface area contributed by atoms with Gasteiger partial charge in [0.05, 0.1) is 6.61 Å². The monoisotopic (exact) mass is 394 g/mol. The van der Waals surface area contributed by atoms with E-state index in [1.165, 1.54) is 0 Å². The van der Waals surface area contributed by atoms with Gasteiger partial charge in [0.15, 0.2) is 6.61 Å². The van der Waals surface area contributed by atoms with E-state index < -0.39 is 12.0 Å². The molecule has 1 amide bonds. The minimum absolute atomic E-state index is 0.173. The van der Waals surface area contributed by atoms with E-state index in [9.17, 15) is 9.59 Å². The van der Waals surface area contributed by atoms with Gasteiger partial charge in [-0.15, -0.1) is 0 Å². The molecule has 0 saturated carbocycles. The molecule has 0 saturated heterocycles. The van der Waals surface area contributed by atoms with E-state index in [-0.39, 0.29) is 19.1 Å². The smallest absolute Gasteiger partial charge is 0.328 e. The highest BCUT2D eigenvalue weighted by Gasteiger charge is 2.24. The van der Waals surface area contributed by atoms with E-state index in [1.54, 1.807) is 6.92 Å². The normalized spacial score (nSPS) is 11.8. The lowest BCUT2D eigenvalue weighted by atomic mass is 10.0. The number of carbonyl (C=O) groups is 2. The number of ether oxygens (including phenoxy) is 2. The van der Waals surface area contributed by atoms with E-state index >= 15 is 0 Å². The van der Waals surface area contributed by atoms with Gasteiger partial charge in [0.2, 0.25) is 0 Å². The first kappa shape index (κ1) is 20.5. The highest BCUT2D eigenvalue weighted by molar-refractivity contribution is 5.87. The molecule has 0 aliphatic heterocycles. The molecule has 3 aromatic rings. The third-order valence-corrected chi connectivity index (χ3v) is 4.71. The van der Waals surface area contributed by atoms with E-state index in [0.717, 1.165) is 27.6 Å². The number of esters is 1. The van der Waals surface area contributed by atoms with Crippen molar-refractivity contribution in [2.75, 3.05) is 13.2 Å². The maximum atomic E-state index is 12.5. The van der Waals surface area contributed by atoms with Crippen molar-refractivity contribution >= 4 is 22.8 Å². The van der Waals surface area contributed by atoms with Crippen LogP contribution in [0.4, 0.5) is 0 Å². The summed E-state index contributed by atoms with van der Waals surface area (Å²) in [6.07, 6.45) is 2.19. The maximum absolute atomic E-state index is 12.5. The van der Waals surface area contributed by atoms with Crippen LogP contribution in [0.2, 0.25) is 0 Å². The predicted octanol–water partition coefficient (Wildman–Crippen LogP) is 3.45. The summed E-state index contributed by atoms with van der Waals surface area (Å²) in [6, 6.07) is 12.9. The molecule has 152 valence electrons. The Hall–Kier alpha value is -3.28. The Morgan fingerprint density at radius 1 is 1.14 bits per heavy atom. The van der Waals surface area contributed by atoms with Crippen molar-refractivity contribution in [1.82, 2.24) is 10.3 Å². The minimum atomic E-state index is -0.788. The molecule has 6 heteroatoms. The van der Waals surface area contributed by atoms with Crippen molar-refractivity contribution in [3.63, 3.8) is 0 Å². The van der Waals surface area contributed by atoms with Crippen LogP contribution in [0, 0.1) is 13.8 Å². The SMILES string of the molecule is CCOC(=O)[C@H](Cc1c[nH]c2ccccc12)NC(=O)COc1cc(C)ccc1C. The van der Waals surface area contributed by atoms with E-state index in [2.05, 4.69) is 10.3 Å². The number of benzene rings is 2. The van der Waals surface area contributed by atoms with Gasteiger partial charge in [-0.25, -0.2) is 4.79 Å². The fourth-order valence-corrected chi connectivity index (χ4v) is 3.20. The average Bonchev–Trinajstić information content (AvgIpc) is 3.11. The average molecular weight is 394 g/mol. The lowest BCUT2D eigenvalue weighted by molar-refractivity contribution is -0.147. The lowest BCUT2D eigenvalue weighted by Gasteiger charge is -2.18. The van der Waals surface area contributed by atoms with Crippen LogP contribution in [0.3, 0.4) is 0 Å². The molecule has 1 aromatic heterocycles. The maximum Gasteiger partial charge on any atom is 0.328 e. The zero-order chi connectivity index (χ0) is 20.8. The molecule has 6 nitrogen and oxygen atoms in total. The summed E-state index contributed by atoms with van der Waals surface area (Å²) in [4.78, 5) is 28.1. The van der Waals surface area contributed by atoms with Crippen LogP contribution in [0.25, 0.3) is 10.9 Å². The second-order valence-electron chi connectivity index (χ2n) is 6.99. The molecule has 0 unspecified atom stereocenters. The zero-order valence-electron chi connectivity index (χ0n) is 17.0. The molecule has 0 spiro atoms. The quantitative estimate of drug-likeness (QED) is 0.574. The standard InChI is InChI=1S/C23H26N2O4/c1-4-28-23(27)20(12-17-13-24-19-8-6-5-7-18(17)19)25-22(26)14-29-21-11-15(2)9-10-16(21)3/h5-11,13,20,24H,4,12,14H2,1-3H3,(H,25,26)/t20-/m0/s1. The predicted molar refractivity (Wildman–Crippen MR) is 112 cm³/mol. The largest absolute Gasteiger partial charge is 0.483 e. The van der Waals surface area contributed by atoms with Gasteiger partial charge in [-0.05, 0) is 49.6 Å². The number of H-pyrrole nitrogens is 1. The first-order valence-corrected chi connectivity index (χ1v) is 9.69. The van der Waals surface area contributed by atoms with Crippen LogP contribution in [-0.4, -0.2) is 36.1 Å². The molecular weight excluding hydrogens is 368 g/mol. The van der Waals surface area contributed by atoms with Crippen LogP contribution < -0.4 is 10.1 Å². The van der Waals surface area contributed by atoms with Crippen LogP contribution in [0.15, 0.2) is 48.7 Å². The molecule has 1 atom stereocenters. The number of hydrogen-bond donors (Lipinski definition) is 2. The van der Waals surface area contributed by atoms with Crippen molar-refractivity contribution < 1.29 is 19.1 Å². The summed E-state index contributed by atoms with van der Waals surface area (Å²) in [7, 11) is 0. The Labute approximate surface area is 170 Å². The highest BCUT2D eigenvalue weighted by Crippen LogP contribution is 2.20. The number of aromatic amines is 1. The number of carbonyl (C=O) groups excluding carboxylic acids is 2. The molecule has 0 radical (unpaired) electrons. The number of aryl methyl sites for hydroxylation is 2. The van der Waals surface area contributed by atoms with Crippen LogP contribution in [0.1, 0.15) is 23.6 Å². The fourth-order valence-electron chi connectivity index (χ4n) is 3.20. The molecule has 2 N–H and O–H groups in total. The van der Waals surface area contributed by atoms with Gasteiger partial charge in [-0.2, -0.15) is 0 Å². The topological polar surface area (TPSA) is 80.4 Å². The van der Waals surface area contributed by atoms with Crippen LogP contribution in [0.5, 0.6) is 5.75 Å². The molecule has 0 aliphatic carbocycles. The summed E-state index contributed by atoms with van der Waals surface area (Å²) < 4.78 is 10.8. The van der Waals surface area contributed by atoms with Gasteiger partial charge in [0.25, 0.3) is 5.91 Å². The Kier molecular flexibility index (Phi) is 6.54. The number of fused-ring (bicyclic) bond motifs is 1. The second kappa shape index (κ2) is 9.28. The molecule has 3 rings (SSSR count). The zero-order valence-corrected chi connectivity index (χ0v) is 17.0. The van der Waals surface area contributed by atoms with E-state index in [0.29, 0.717) is 12.2 Å². The van der Waals surface area contributed by atoms with Crippen molar-refractivity contribution in [1.29, 1.82) is 0 Å². The van der Waals surface area contributed by atoms with Gasteiger partial charge in [-0.3, -0.25) is 4.79 Å². The molecule has 2 aromatic carbocycles. The van der Waals surface area contributed by atoms with Crippen LogP contribution >= 0.6 is 0 Å². The summed E-state index contributed by atoms with van der Waals surface area (Å²) in [5.74, 6) is -0.175. The van der Waals surface area contributed by atoms with Crippen molar-refractivity contribution in [2.45, 2.75) is 33.2 Å². The van der Waals surface area contributed by atoms with Gasteiger partial charge < -0.3 is 19.8 Å². The molecule has 0 bridgehead atoms. The van der Waals surface area contributed by atoms with Gasteiger partial charge >= 0.3 is 5.97 Å². The molecule has 0 fully saturated rings. The summed E-state index contributed by atoms with van der Waals surface area (Å²) >= 11 is 0. The van der Waals surface area contributed by atoms with Gasteiger partial charge in [-0.1, -0.05) is 30.3 Å². The number of hydrogen-bond acceptors (Lipinski definition) is 4. The second-order valence-corrected chi connectivity index (χ2v) is 6.99. The van der Waals surface area contributed by atoms with Gasteiger partial charge in [0.1, 0.15) is 11.8 Å². The number of amides is 1. The Morgan fingerprint density at radius 3 is 2.72 bits per heavy atom. The first-order chi connectivity index (χ1) is 14.0. The molecular formula is C23H26N2O4. The Balaban J connectivity index is 1.69. The van der Waals surface area contributed by atoms with Crippen molar-refractivity contribution in [2.24, 2.45) is 0 Å². The van der Waals surface area contributed by atoms with Crippen molar-refractivity contribution in [3.8, 4) is 5.75 Å². The van der Waals surface area contributed by atoms with Crippen LogP contribution in [-0.2, 0) is 20.7 Å². The summed E-state index contributed by atoms with van der Waals surface area (Å²) in [5.41, 5.74) is 3.92. The Morgan fingerprint density at radius 2 is 1.93 bits per heavy atom. The number of aromatic nitrogens is 1. The first-order valence-electron chi connectivity index (χ1n) is 9.69. The Bertz CT molecular complexity index is 1010. The van der Waals surface area contributed by atoms with Crippen molar-refractivity contribution in [3.05, 3.63) is 65.4 Å². The third kappa shape index (κ3) is 5.16. The summed E-state index contributed by atoms with van der Waals surface area (Å²) in [5, 5.41) is 3.77. The van der Waals surface area contributed by atoms with E-state index in [4.69, 9.17) is 9.47 Å². The number of para-hydroxylation sites is 1. The number of rotatable bonds is 8. The molecule has 0 aliphatic rings. The number of nitrogens with one attached hydrogen (secondary N) is 2. The molecule has 29 heavy (non-hydrogen) atoms. The van der Waals surface area contributed by atoms with E-state index in [1.807, 2.05) is 62.5 Å². The fraction of sp³-hybridized carbons (Fsp3) is 0.304. The summed E-state index contributed by atoms with van der Waals surface area (Å²) in [6.45, 7) is 5.70. The highest BCUT2D eigenvalue weighted by atomic mass is 16.5. The molecule has 1 heterocycles. The third-order valence-electron chi connectivity index (χ3n) is 4.71.